The Kier molecular flexibility index (Phi) is 7.40. The third-order valence-electron chi connectivity index (χ3n) is 2.13. The molecular weight excluding hydrogens is 340 g/mol. The minimum absolute atomic E-state index is 0. The predicted molar refractivity (Wildman–Crippen MR) is 69.8 cm³/mol. The summed E-state index contributed by atoms with van der Waals surface area (Å²) in [4.78, 5) is 0. The molecular formula is C13H10Br2Mg. The van der Waals surface area contributed by atoms with Gasteiger partial charge < -0.3 is 17.0 Å². The molecule has 0 fully saturated rings. The zero-order valence-corrected chi connectivity index (χ0v) is 13.4. The zero-order chi connectivity index (χ0) is 9.97. The normalized spacial score (nSPS) is 8.81. The van der Waals surface area contributed by atoms with E-state index >= 15 is 0 Å². The minimum atomic E-state index is 0. The fraction of sp³-hybridized carbons (Fsp3) is 0. The summed E-state index contributed by atoms with van der Waals surface area (Å²) >= 11 is 3.42. The third kappa shape index (κ3) is 4.13. The molecule has 2 aromatic rings. The summed E-state index contributed by atoms with van der Waals surface area (Å²) in [6.07, 6.45) is 0. The van der Waals surface area contributed by atoms with Crippen LogP contribution in [0.15, 0.2) is 53.0 Å². The molecule has 0 heterocycles. The first-order valence-corrected chi connectivity index (χ1v) is 5.23. The van der Waals surface area contributed by atoms with E-state index < -0.39 is 0 Å². The molecule has 0 saturated heterocycles. The molecule has 0 atom stereocenters. The van der Waals surface area contributed by atoms with Crippen LogP contribution in [-0.4, -0.2) is 23.1 Å². The Morgan fingerprint density at radius 2 is 1.12 bits per heavy atom. The Labute approximate surface area is 132 Å². The molecule has 0 radical (unpaired) electrons. The maximum absolute atomic E-state index is 3.86. The first-order valence-electron chi connectivity index (χ1n) is 4.44. The molecule has 0 aliphatic heterocycles. The monoisotopic (exact) mass is 348 g/mol. The fourth-order valence-electron chi connectivity index (χ4n) is 1.34. The fourth-order valence-corrected chi connectivity index (χ4v) is 1.60. The van der Waals surface area contributed by atoms with Gasteiger partial charge >= 0.3 is 23.1 Å². The minimum Gasteiger partial charge on any atom is -1.00 e. The van der Waals surface area contributed by atoms with Gasteiger partial charge in [-0.2, -0.15) is 24.6 Å². The van der Waals surface area contributed by atoms with Gasteiger partial charge in [0.1, 0.15) is 0 Å². The standard InChI is InChI=1S/C13H10Br.BrH.Mg/c1-10-2-4-11(5-3-10)12-6-8-13(14)9-7-12;;/h2-9H,1H2;1H;/q-1;;+2/p-1. The van der Waals surface area contributed by atoms with Crippen molar-refractivity contribution in [3.8, 4) is 11.1 Å². The quantitative estimate of drug-likeness (QED) is 0.530. The van der Waals surface area contributed by atoms with Gasteiger partial charge in [-0.05, 0) is 23.3 Å². The van der Waals surface area contributed by atoms with E-state index in [0.717, 1.165) is 10.0 Å². The molecule has 2 rings (SSSR count). The van der Waals surface area contributed by atoms with E-state index in [4.69, 9.17) is 0 Å². The van der Waals surface area contributed by atoms with Gasteiger partial charge in [-0.3, -0.25) is 0 Å². The van der Waals surface area contributed by atoms with E-state index in [9.17, 15) is 0 Å². The van der Waals surface area contributed by atoms with Gasteiger partial charge in [0, 0.05) is 4.47 Å². The Morgan fingerprint density at radius 1 is 0.750 bits per heavy atom. The topological polar surface area (TPSA) is 0 Å². The van der Waals surface area contributed by atoms with Crippen molar-refractivity contribution in [2.75, 3.05) is 0 Å². The average molecular weight is 350 g/mol. The second-order valence-corrected chi connectivity index (χ2v) is 4.12. The molecule has 0 aliphatic carbocycles. The van der Waals surface area contributed by atoms with Crippen LogP contribution in [0.25, 0.3) is 11.1 Å². The van der Waals surface area contributed by atoms with Gasteiger partial charge in [0.25, 0.3) is 0 Å². The van der Waals surface area contributed by atoms with Crippen molar-refractivity contribution in [1.29, 1.82) is 0 Å². The smallest absolute Gasteiger partial charge is 1.00 e. The number of benzene rings is 2. The summed E-state index contributed by atoms with van der Waals surface area (Å²) in [5.74, 6) is 0. The summed E-state index contributed by atoms with van der Waals surface area (Å²) < 4.78 is 1.11. The van der Waals surface area contributed by atoms with Gasteiger partial charge in [-0.25, -0.2) is 0 Å². The number of hydrogen-bond donors (Lipinski definition) is 0. The number of rotatable bonds is 1. The van der Waals surface area contributed by atoms with Crippen molar-refractivity contribution >= 4 is 39.0 Å². The molecule has 0 aliphatic rings. The zero-order valence-electron chi connectivity index (χ0n) is 8.79. The molecule has 78 valence electrons. The van der Waals surface area contributed by atoms with Crippen molar-refractivity contribution in [3.05, 3.63) is 65.5 Å². The van der Waals surface area contributed by atoms with Gasteiger partial charge in [0.15, 0.2) is 0 Å². The van der Waals surface area contributed by atoms with Crippen LogP contribution in [0.2, 0.25) is 0 Å². The van der Waals surface area contributed by atoms with Gasteiger partial charge in [-0.1, -0.05) is 28.1 Å². The van der Waals surface area contributed by atoms with E-state index in [0.29, 0.717) is 0 Å². The van der Waals surface area contributed by atoms with E-state index in [-0.39, 0.29) is 40.0 Å². The van der Waals surface area contributed by atoms with Gasteiger partial charge in [0.05, 0.1) is 0 Å². The summed E-state index contributed by atoms with van der Waals surface area (Å²) in [6, 6.07) is 16.5. The predicted octanol–water partition coefficient (Wildman–Crippen LogP) is 0.921. The van der Waals surface area contributed by atoms with Gasteiger partial charge in [-0.15, -0.1) is 12.1 Å². The van der Waals surface area contributed by atoms with Crippen LogP contribution in [0.1, 0.15) is 5.56 Å². The number of halogens is 2. The van der Waals surface area contributed by atoms with Crippen molar-refractivity contribution in [3.63, 3.8) is 0 Å². The van der Waals surface area contributed by atoms with E-state index in [1.807, 2.05) is 24.3 Å². The van der Waals surface area contributed by atoms with E-state index in [2.05, 4.69) is 47.1 Å². The van der Waals surface area contributed by atoms with Gasteiger partial charge in [0.2, 0.25) is 0 Å². The first kappa shape index (κ1) is 16.0. The molecule has 0 N–H and O–H groups in total. The van der Waals surface area contributed by atoms with Crippen LogP contribution in [0.5, 0.6) is 0 Å². The molecule has 0 amide bonds. The molecule has 3 heteroatoms. The average Bonchev–Trinajstić information content (AvgIpc) is 2.21. The Hall–Kier alpha value is 0.0362. The SMILES string of the molecule is [Br-].[CH2-]c1ccc(-c2ccc(Br)cc2)cc1.[Mg+2]. The first-order chi connectivity index (χ1) is 6.75. The summed E-state index contributed by atoms with van der Waals surface area (Å²) in [6.45, 7) is 3.86. The number of hydrogen-bond acceptors (Lipinski definition) is 0. The molecule has 0 bridgehead atoms. The molecule has 0 saturated carbocycles. The van der Waals surface area contributed by atoms with Crippen LogP contribution in [0.3, 0.4) is 0 Å². The van der Waals surface area contributed by atoms with Crippen molar-refractivity contribution < 1.29 is 17.0 Å². The Morgan fingerprint density at radius 3 is 1.56 bits per heavy atom. The molecule has 0 unspecified atom stereocenters. The van der Waals surface area contributed by atoms with E-state index in [1.165, 1.54) is 11.1 Å². The summed E-state index contributed by atoms with van der Waals surface area (Å²) in [5, 5.41) is 0. The van der Waals surface area contributed by atoms with Crippen LogP contribution >= 0.6 is 15.9 Å². The van der Waals surface area contributed by atoms with Crippen molar-refractivity contribution in [2.45, 2.75) is 0 Å². The van der Waals surface area contributed by atoms with Crippen molar-refractivity contribution in [1.82, 2.24) is 0 Å². The summed E-state index contributed by atoms with van der Waals surface area (Å²) in [5.41, 5.74) is 3.50. The molecule has 16 heavy (non-hydrogen) atoms. The van der Waals surface area contributed by atoms with Crippen LogP contribution < -0.4 is 17.0 Å². The van der Waals surface area contributed by atoms with E-state index in [1.54, 1.807) is 0 Å². The molecule has 0 spiro atoms. The maximum atomic E-state index is 3.86. The van der Waals surface area contributed by atoms with Crippen LogP contribution in [-0.2, 0) is 0 Å². The molecule has 2 aromatic carbocycles. The third-order valence-corrected chi connectivity index (χ3v) is 2.66. The van der Waals surface area contributed by atoms with Crippen LogP contribution in [0.4, 0.5) is 0 Å². The summed E-state index contributed by atoms with van der Waals surface area (Å²) in [7, 11) is 0. The Bertz CT molecular complexity index is 377. The molecule has 0 nitrogen and oxygen atoms in total. The second kappa shape index (κ2) is 7.38. The van der Waals surface area contributed by atoms with Crippen LogP contribution in [0, 0.1) is 6.92 Å². The molecule has 0 aromatic heterocycles. The maximum Gasteiger partial charge on any atom is 2.00 e. The largest absolute Gasteiger partial charge is 2.00 e. The van der Waals surface area contributed by atoms with Crippen molar-refractivity contribution in [2.24, 2.45) is 0 Å². The second-order valence-electron chi connectivity index (χ2n) is 3.20. The Balaban J connectivity index is 0.00000112.